The number of carbonyl (C=O) groups excluding carboxylic acids is 1. The predicted octanol–water partition coefficient (Wildman–Crippen LogP) is 5.06. The highest BCUT2D eigenvalue weighted by molar-refractivity contribution is 5.93. The van der Waals surface area contributed by atoms with Gasteiger partial charge in [0.15, 0.2) is 0 Å². The molecule has 5 rings (SSSR count). The number of carboxylic acid groups (broad SMARTS) is 1. The first kappa shape index (κ1) is 25.8. The Morgan fingerprint density at radius 3 is 2.53 bits per heavy atom. The second-order valence-corrected chi connectivity index (χ2v) is 13.1. The highest BCUT2D eigenvalue weighted by Gasteiger charge is 2.62. The van der Waals surface area contributed by atoms with Gasteiger partial charge in [-0.15, -0.1) is 0 Å². The second-order valence-electron chi connectivity index (χ2n) is 13.1. The van der Waals surface area contributed by atoms with E-state index in [4.69, 9.17) is 5.11 Å². The van der Waals surface area contributed by atoms with E-state index >= 15 is 0 Å². The number of aliphatic hydroxyl groups is 2. The fraction of sp³-hybridized carbons (Fsp3) is 0.793. The molecule has 1 aromatic heterocycles. The van der Waals surface area contributed by atoms with Gasteiger partial charge in [0.2, 0.25) is 5.91 Å². The third kappa shape index (κ3) is 4.30. The molecule has 200 valence electrons. The molecule has 0 aromatic carbocycles. The first-order valence-electron chi connectivity index (χ1n) is 14.1. The molecule has 0 radical (unpaired) electrons. The van der Waals surface area contributed by atoms with Crippen LogP contribution in [0.1, 0.15) is 95.5 Å². The van der Waals surface area contributed by atoms with Gasteiger partial charge < -0.3 is 25.6 Å². The molecule has 4 aliphatic rings. The van der Waals surface area contributed by atoms with Gasteiger partial charge in [0.05, 0.1) is 17.9 Å². The van der Waals surface area contributed by atoms with Crippen molar-refractivity contribution in [1.29, 1.82) is 0 Å². The average Bonchev–Trinajstić information content (AvgIpc) is 3.43. The van der Waals surface area contributed by atoms with Crippen LogP contribution >= 0.6 is 0 Å². The summed E-state index contributed by atoms with van der Waals surface area (Å²) in [6.45, 7) is 7.20. The van der Waals surface area contributed by atoms with Crippen LogP contribution in [0.4, 0.5) is 5.69 Å². The lowest BCUT2D eigenvalue weighted by atomic mass is 9.43. The molecule has 0 spiro atoms. The summed E-state index contributed by atoms with van der Waals surface area (Å²) in [5.41, 5.74) is 0.996. The van der Waals surface area contributed by atoms with Gasteiger partial charge in [-0.25, -0.2) is 4.79 Å². The number of hydrogen-bond donors (Lipinski definition) is 5. The Morgan fingerprint density at radius 2 is 1.81 bits per heavy atom. The number of carbonyl (C=O) groups is 2. The lowest BCUT2D eigenvalue weighted by Gasteiger charge is -2.62. The van der Waals surface area contributed by atoms with Crippen molar-refractivity contribution in [3.8, 4) is 0 Å². The number of amides is 1. The van der Waals surface area contributed by atoms with Crippen molar-refractivity contribution >= 4 is 17.6 Å². The third-order valence-electron chi connectivity index (χ3n) is 11.4. The number of H-pyrrole nitrogens is 1. The minimum Gasteiger partial charge on any atom is -0.477 e. The fourth-order valence-corrected chi connectivity index (χ4v) is 9.55. The van der Waals surface area contributed by atoms with E-state index in [1.165, 1.54) is 37.9 Å². The van der Waals surface area contributed by atoms with Crippen LogP contribution in [0.15, 0.2) is 12.3 Å². The molecule has 4 saturated carbocycles. The highest BCUT2D eigenvalue weighted by Crippen LogP contribution is 2.68. The summed E-state index contributed by atoms with van der Waals surface area (Å²) in [4.78, 5) is 26.3. The predicted molar refractivity (Wildman–Crippen MR) is 137 cm³/mol. The van der Waals surface area contributed by atoms with Gasteiger partial charge in [0, 0.05) is 12.6 Å². The molecule has 1 aromatic rings. The van der Waals surface area contributed by atoms with Crippen molar-refractivity contribution in [2.24, 2.45) is 46.3 Å². The largest absolute Gasteiger partial charge is 0.477 e. The van der Waals surface area contributed by atoms with E-state index in [1.807, 2.05) is 0 Å². The molecule has 1 heterocycles. The Morgan fingerprint density at radius 1 is 1.08 bits per heavy atom. The van der Waals surface area contributed by atoms with Crippen molar-refractivity contribution in [3.63, 3.8) is 0 Å². The van der Waals surface area contributed by atoms with Crippen molar-refractivity contribution in [1.82, 2.24) is 4.98 Å². The van der Waals surface area contributed by atoms with Gasteiger partial charge in [0.25, 0.3) is 0 Å². The zero-order valence-corrected chi connectivity index (χ0v) is 22.0. The zero-order valence-electron chi connectivity index (χ0n) is 22.0. The number of nitrogens with one attached hydrogen (secondary N) is 2. The molecule has 0 aliphatic heterocycles. The van der Waals surface area contributed by atoms with Crippen LogP contribution in [0, 0.1) is 46.3 Å². The maximum Gasteiger partial charge on any atom is 0.352 e. The summed E-state index contributed by atoms with van der Waals surface area (Å²) in [5, 5.41) is 33.6. The van der Waals surface area contributed by atoms with Gasteiger partial charge >= 0.3 is 5.97 Å². The first-order valence-corrected chi connectivity index (χ1v) is 14.1. The van der Waals surface area contributed by atoms with E-state index in [2.05, 4.69) is 31.1 Å². The summed E-state index contributed by atoms with van der Waals surface area (Å²) in [7, 11) is 0. The van der Waals surface area contributed by atoms with Gasteiger partial charge in [0.1, 0.15) is 5.69 Å². The molecule has 1 amide bonds. The highest BCUT2D eigenvalue weighted by atomic mass is 16.4. The fourth-order valence-electron chi connectivity index (χ4n) is 9.55. The van der Waals surface area contributed by atoms with Crippen LogP contribution in [-0.2, 0) is 4.79 Å². The lowest BCUT2D eigenvalue weighted by molar-refractivity contribution is -0.174. The van der Waals surface area contributed by atoms with Crippen LogP contribution in [0.2, 0.25) is 0 Å². The van der Waals surface area contributed by atoms with E-state index in [9.17, 15) is 19.8 Å². The quantitative estimate of drug-likeness (QED) is 0.374. The van der Waals surface area contributed by atoms with Crippen LogP contribution in [0.3, 0.4) is 0 Å². The number of aromatic nitrogens is 1. The number of rotatable bonds is 6. The SMILES string of the molecule is C[C@H](CCC(=O)Nc1c[nH]c(C(=O)O)c1)[C@H]1CCC2C3C(CC[C@@]21C)[C@@]1(C)CC[C@@H](O)CC1C[C@@H]3O. The topological polar surface area (TPSA) is 123 Å². The monoisotopic (exact) mass is 500 g/mol. The van der Waals surface area contributed by atoms with Gasteiger partial charge in [-0.1, -0.05) is 20.8 Å². The Labute approximate surface area is 214 Å². The molecular formula is C29H44N2O5. The molecule has 7 nitrogen and oxygen atoms in total. The first-order chi connectivity index (χ1) is 17.0. The number of aromatic carboxylic acids is 1. The minimum atomic E-state index is -1.04. The molecule has 0 saturated heterocycles. The third-order valence-corrected chi connectivity index (χ3v) is 11.4. The molecule has 36 heavy (non-hydrogen) atoms. The number of hydrogen-bond acceptors (Lipinski definition) is 4. The van der Waals surface area contributed by atoms with Gasteiger partial charge in [-0.2, -0.15) is 0 Å². The van der Waals surface area contributed by atoms with Crippen LogP contribution in [0.25, 0.3) is 0 Å². The van der Waals surface area contributed by atoms with E-state index in [-0.39, 0.29) is 34.6 Å². The summed E-state index contributed by atoms with van der Waals surface area (Å²) >= 11 is 0. The summed E-state index contributed by atoms with van der Waals surface area (Å²) in [6, 6.07) is 1.44. The molecule has 0 bridgehead atoms. The molecule has 4 aliphatic carbocycles. The second kappa shape index (κ2) is 9.46. The average molecular weight is 501 g/mol. The van der Waals surface area contributed by atoms with Crippen molar-refractivity contribution in [2.45, 2.75) is 97.2 Å². The zero-order chi connectivity index (χ0) is 25.8. The lowest BCUT2D eigenvalue weighted by Crippen LogP contribution is -2.58. The van der Waals surface area contributed by atoms with Crippen molar-refractivity contribution in [3.05, 3.63) is 18.0 Å². The maximum atomic E-state index is 12.6. The molecule has 4 unspecified atom stereocenters. The van der Waals surface area contributed by atoms with Gasteiger partial charge in [-0.05, 0) is 110 Å². The summed E-state index contributed by atoms with van der Waals surface area (Å²) in [6.07, 6.45) is 10.6. The van der Waals surface area contributed by atoms with Crippen LogP contribution in [-0.4, -0.2) is 44.4 Å². The number of carboxylic acids is 1. The number of fused-ring (bicyclic) bond motifs is 5. The number of anilines is 1. The van der Waals surface area contributed by atoms with E-state index in [0.29, 0.717) is 47.6 Å². The molecular weight excluding hydrogens is 456 g/mol. The van der Waals surface area contributed by atoms with Crippen LogP contribution in [0.5, 0.6) is 0 Å². The standard InChI is InChI=1S/C29H44N2O5/c1-16(4-7-25(34)31-18-14-23(27(35)36)30-15-18)20-5-6-21-26-22(9-11-29(20,21)3)28(2)10-8-19(32)12-17(28)13-24(26)33/h14-17,19-22,24,26,30,32-33H,4-13H2,1-3H3,(H,31,34)(H,35,36)/t16-,17?,19-,20-,21?,22?,24+,26?,28+,29-/m1/s1. The van der Waals surface area contributed by atoms with Crippen molar-refractivity contribution in [2.75, 3.05) is 5.32 Å². The van der Waals surface area contributed by atoms with Crippen molar-refractivity contribution < 1.29 is 24.9 Å². The smallest absolute Gasteiger partial charge is 0.352 e. The van der Waals surface area contributed by atoms with Gasteiger partial charge in [-0.3, -0.25) is 4.79 Å². The van der Waals surface area contributed by atoms with E-state index < -0.39 is 5.97 Å². The summed E-state index contributed by atoms with van der Waals surface area (Å²) in [5.74, 6) is 1.71. The van der Waals surface area contributed by atoms with E-state index in [1.54, 1.807) is 0 Å². The number of aliphatic hydroxyl groups excluding tert-OH is 2. The Hall–Kier alpha value is -1.86. The maximum absolute atomic E-state index is 12.6. The molecule has 10 atom stereocenters. The normalized spacial score (nSPS) is 42.6. The Bertz CT molecular complexity index is 992. The minimum absolute atomic E-state index is 0.0636. The van der Waals surface area contributed by atoms with E-state index in [0.717, 1.165) is 32.1 Å². The van der Waals surface area contributed by atoms with Crippen LogP contribution < -0.4 is 5.32 Å². The molecule has 5 N–H and O–H groups in total. The molecule has 4 fully saturated rings. The Kier molecular flexibility index (Phi) is 6.78. The molecule has 7 heteroatoms. The number of aromatic amines is 1. The Balaban J connectivity index is 1.22. The summed E-state index contributed by atoms with van der Waals surface area (Å²) < 4.78 is 0.